The lowest BCUT2D eigenvalue weighted by atomic mass is 9.55. The molecule has 1 aliphatic heterocycles. The lowest BCUT2D eigenvalue weighted by Gasteiger charge is -2.48. The first-order valence-corrected chi connectivity index (χ1v) is 9.98. The molecule has 3 aliphatic carbocycles. The van der Waals surface area contributed by atoms with Crippen LogP contribution in [0.25, 0.3) is 5.57 Å². The zero-order valence-corrected chi connectivity index (χ0v) is 16.7. The number of hydrogen-bond acceptors (Lipinski definition) is 3. The Morgan fingerprint density at radius 1 is 1.21 bits per heavy atom. The molecule has 0 saturated carbocycles. The number of halogens is 1. The first-order valence-electron chi connectivity index (χ1n) is 9.98. The summed E-state index contributed by atoms with van der Waals surface area (Å²) < 4.78 is 19.3. The van der Waals surface area contributed by atoms with E-state index in [9.17, 15) is 14.3 Å². The summed E-state index contributed by atoms with van der Waals surface area (Å²) in [6.45, 7) is 6.24. The first-order chi connectivity index (χ1) is 13.2. The van der Waals surface area contributed by atoms with Gasteiger partial charge in [-0.15, -0.1) is 0 Å². The molecule has 1 aromatic rings. The van der Waals surface area contributed by atoms with Crippen LogP contribution in [0.5, 0.6) is 0 Å². The average Bonchev–Trinajstić information content (AvgIpc) is 2.63. The zero-order valence-electron chi connectivity index (χ0n) is 16.7. The van der Waals surface area contributed by atoms with Crippen molar-refractivity contribution < 1.29 is 19.0 Å². The molecular weight excluding hydrogens is 355 g/mol. The minimum atomic E-state index is -0.653. The summed E-state index contributed by atoms with van der Waals surface area (Å²) in [6.07, 6.45) is 10.0. The highest BCUT2D eigenvalue weighted by atomic mass is 19.1. The number of allylic oxidation sites excluding steroid dienone is 5. The van der Waals surface area contributed by atoms with Crippen LogP contribution in [0.1, 0.15) is 50.7 Å². The van der Waals surface area contributed by atoms with E-state index in [0.717, 1.165) is 18.4 Å². The number of cyclic esters (lactones) is 1. The topological polar surface area (TPSA) is 46.5 Å². The second-order valence-corrected chi connectivity index (χ2v) is 8.90. The number of rotatable bonds is 3. The molecule has 1 saturated heterocycles. The molecule has 4 aliphatic rings. The van der Waals surface area contributed by atoms with Crippen molar-refractivity contribution in [2.45, 2.75) is 58.7 Å². The first kappa shape index (κ1) is 19.1. The van der Waals surface area contributed by atoms with Gasteiger partial charge in [0.1, 0.15) is 11.9 Å². The molecule has 5 rings (SSSR count). The Kier molecular flexibility index (Phi) is 4.58. The summed E-state index contributed by atoms with van der Waals surface area (Å²) in [4.78, 5) is 11.7. The van der Waals surface area contributed by atoms with Gasteiger partial charge in [-0.1, -0.05) is 38.1 Å². The van der Waals surface area contributed by atoms with Gasteiger partial charge in [0.2, 0.25) is 0 Å². The molecule has 2 unspecified atom stereocenters. The lowest BCUT2D eigenvalue weighted by Crippen LogP contribution is -2.36. The highest BCUT2D eigenvalue weighted by Crippen LogP contribution is 2.59. The van der Waals surface area contributed by atoms with Crippen molar-refractivity contribution in [1.29, 1.82) is 0 Å². The number of carbonyl (C=O) groups is 1. The third-order valence-corrected chi connectivity index (χ3v) is 6.55. The Bertz CT molecular complexity index is 912. The fraction of sp³-hybridized carbons (Fsp3) is 0.458. The number of esters is 1. The maximum Gasteiger partial charge on any atom is 0.309 e. The number of carbonyl (C=O) groups excluding carboxylic acids is 1. The van der Waals surface area contributed by atoms with Crippen molar-refractivity contribution in [3.63, 3.8) is 0 Å². The number of hydrogen-bond donors (Lipinski definition) is 1. The second-order valence-electron chi connectivity index (χ2n) is 8.90. The molecule has 1 heterocycles. The Hall–Kier alpha value is -2.20. The minimum absolute atomic E-state index is 0.0612. The maximum atomic E-state index is 13.9. The standard InChI is InChI=1S/C24H27FO3/c1-15-12-16(4-7-20(15)25)22-19(23(2)8-10-24(22,3)11-9-23)6-5-18-13-17(26)14-21(27)28-18/h4-8,10,12,17-18,26H,9,11,13-14H2,1-3H3/b6-5+/t17-,18-,23?,24?/m1/s1. The minimum Gasteiger partial charge on any atom is -0.458 e. The predicted molar refractivity (Wildman–Crippen MR) is 107 cm³/mol. The molecule has 0 aromatic heterocycles. The van der Waals surface area contributed by atoms with E-state index in [2.05, 4.69) is 32.1 Å². The van der Waals surface area contributed by atoms with E-state index in [1.165, 1.54) is 17.2 Å². The van der Waals surface area contributed by atoms with Crippen LogP contribution in [-0.4, -0.2) is 23.3 Å². The molecule has 148 valence electrons. The average molecular weight is 382 g/mol. The van der Waals surface area contributed by atoms with Gasteiger partial charge in [-0.05, 0) is 60.2 Å². The lowest BCUT2D eigenvalue weighted by molar-refractivity contribution is -0.156. The monoisotopic (exact) mass is 382 g/mol. The van der Waals surface area contributed by atoms with Crippen LogP contribution in [-0.2, 0) is 9.53 Å². The molecule has 4 heteroatoms. The van der Waals surface area contributed by atoms with Gasteiger partial charge in [-0.25, -0.2) is 4.39 Å². The number of fused-ring (bicyclic) bond motifs is 1. The largest absolute Gasteiger partial charge is 0.458 e. The third kappa shape index (κ3) is 3.24. The van der Waals surface area contributed by atoms with Gasteiger partial charge < -0.3 is 9.84 Å². The fourth-order valence-corrected chi connectivity index (χ4v) is 4.77. The number of aliphatic hydroxyl groups is 1. The highest BCUT2D eigenvalue weighted by molar-refractivity contribution is 5.81. The molecule has 1 fully saturated rings. The molecule has 4 atom stereocenters. The van der Waals surface area contributed by atoms with Gasteiger partial charge in [0.25, 0.3) is 0 Å². The van der Waals surface area contributed by atoms with Gasteiger partial charge >= 0.3 is 5.97 Å². The van der Waals surface area contributed by atoms with Crippen LogP contribution < -0.4 is 0 Å². The van der Waals surface area contributed by atoms with E-state index in [-0.39, 0.29) is 29.0 Å². The van der Waals surface area contributed by atoms with E-state index in [4.69, 9.17) is 4.74 Å². The second kappa shape index (κ2) is 6.70. The van der Waals surface area contributed by atoms with Crippen molar-refractivity contribution in [3.8, 4) is 0 Å². The third-order valence-electron chi connectivity index (χ3n) is 6.55. The summed E-state index contributed by atoms with van der Waals surface area (Å²) in [6, 6.07) is 5.32. The fourth-order valence-electron chi connectivity index (χ4n) is 4.77. The molecule has 1 N–H and O–H groups in total. The number of ether oxygens (including phenoxy) is 1. The Morgan fingerprint density at radius 3 is 2.57 bits per heavy atom. The van der Waals surface area contributed by atoms with E-state index >= 15 is 0 Å². The van der Waals surface area contributed by atoms with E-state index in [0.29, 0.717) is 12.0 Å². The van der Waals surface area contributed by atoms with Gasteiger partial charge in [-0.2, -0.15) is 0 Å². The van der Waals surface area contributed by atoms with Crippen molar-refractivity contribution in [1.82, 2.24) is 0 Å². The number of aryl methyl sites for hydroxylation is 1. The molecular formula is C24H27FO3. The molecule has 0 radical (unpaired) electrons. The van der Waals surface area contributed by atoms with E-state index in [1.54, 1.807) is 6.92 Å². The summed E-state index contributed by atoms with van der Waals surface area (Å²) >= 11 is 0. The predicted octanol–water partition coefficient (Wildman–Crippen LogP) is 4.89. The molecule has 0 spiro atoms. The van der Waals surface area contributed by atoms with Crippen LogP contribution in [0.3, 0.4) is 0 Å². The highest BCUT2D eigenvalue weighted by Gasteiger charge is 2.45. The number of benzene rings is 1. The number of aliphatic hydroxyl groups excluding tert-OH is 1. The molecule has 3 nitrogen and oxygen atoms in total. The van der Waals surface area contributed by atoms with Gasteiger partial charge in [0.05, 0.1) is 12.5 Å². The van der Waals surface area contributed by atoms with Crippen LogP contribution in [0.2, 0.25) is 0 Å². The Balaban J connectivity index is 1.79. The summed E-state index contributed by atoms with van der Waals surface area (Å²) in [5, 5.41) is 9.88. The normalized spacial score (nSPS) is 35.0. The quantitative estimate of drug-likeness (QED) is 0.598. The van der Waals surface area contributed by atoms with Gasteiger partial charge in [-0.3, -0.25) is 4.79 Å². The van der Waals surface area contributed by atoms with Gasteiger partial charge in [0, 0.05) is 17.3 Å². The Labute approximate surface area is 165 Å². The van der Waals surface area contributed by atoms with Gasteiger partial charge in [0.15, 0.2) is 0 Å². The van der Waals surface area contributed by atoms with E-state index in [1.807, 2.05) is 18.2 Å². The summed E-state index contributed by atoms with van der Waals surface area (Å²) in [5.74, 6) is -0.558. The van der Waals surface area contributed by atoms with Crippen LogP contribution >= 0.6 is 0 Å². The maximum absolute atomic E-state index is 13.9. The van der Waals surface area contributed by atoms with Crippen molar-refractivity contribution in [3.05, 3.63) is 65.0 Å². The summed E-state index contributed by atoms with van der Waals surface area (Å²) in [7, 11) is 0. The summed E-state index contributed by atoms with van der Waals surface area (Å²) in [5.41, 5.74) is 3.86. The van der Waals surface area contributed by atoms with E-state index < -0.39 is 12.2 Å². The van der Waals surface area contributed by atoms with Crippen LogP contribution in [0, 0.1) is 23.6 Å². The van der Waals surface area contributed by atoms with Crippen molar-refractivity contribution in [2.24, 2.45) is 10.8 Å². The van der Waals surface area contributed by atoms with Crippen LogP contribution in [0.15, 0.2) is 48.1 Å². The Morgan fingerprint density at radius 2 is 1.93 bits per heavy atom. The van der Waals surface area contributed by atoms with Crippen molar-refractivity contribution >= 4 is 11.5 Å². The van der Waals surface area contributed by atoms with Crippen LogP contribution in [0.4, 0.5) is 4.39 Å². The molecule has 0 amide bonds. The SMILES string of the molecule is Cc1cc(C2=C(/C=C/[C@@H]3C[C@@H](O)CC(=O)O3)C3(C)C=CC2(C)CC3)ccc1F. The molecule has 2 bridgehead atoms. The van der Waals surface area contributed by atoms with Crippen molar-refractivity contribution in [2.75, 3.05) is 0 Å². The smallest absolute Gasteiger partial charge is 0.309 e. The molecule has 1 aromatic carbocycles. The zero-order chi connectivity index (χ0) is 20.1. The molecule has 28 heavy (non-hydrogen) atoms.